The van der Waals surface area contributed by atoms with Crippen LogP contribution in [0.4, 0.5) is 4.39 Å². The number of nitrogens with zero attached hydrogens (tertiary/aromatic N) is 4. The van der Waals surface area contributed by atoms with Gasteiger partial charge in [-0.3, -0.25) is 15.2 Å². The Labute approximate surface area is 222 Å². The van der Waals surface area contributed by atoms with E-state index in [1.165, 1.54) is 25.6 Å². The van der Waals surface area contributed by atoms with Crippen molar-refractivity contribution in [3.8, 4) is 17.4 Å². The van der Waals surface area contributed by atoms with E-state index in [1.807, 2.05) is 12.1 Å². The van der Waals surface area contributed by atoms with Crippen molar-refractivity contribution in [3.63, 3.8) is 0 Å². The number of rotatable bonds is 9. The third-order valence-corrected chi connectivity index (χ3v) is 5.35. The third-order valence-electron chi connectivity index (χ3n) is 5.35. The molecule has 0 saturated carbocycles. The number of hydrogen-bond donors (Lipinski definition) is 4. The largest absolute Gasteiger partial charge is 0.490 e. The van der Waals surface area contributed by atoms with Crippen molar-refractivity contribution in [2.45, 2.75) is 26.2 Å². The van der Waals surface area contributed by atoms with E-state index in [0.29, 0.717) is 30.0 Å². The minimum atomic E-state index is -0.833. The molecule has 0 aliphatic rings. The lowest BCUT2D eigenvalue weighted by atomic mass is 9.90. The van der Waals surface area contributed by atoms with Crippen LogP contribution in [0, 0.1) is 11.2 Å². The summed E-state index contributed by atoms with van der Waals surface area (Å²) < 4.78 is 26.8. The van der Waals surface area contributed by atoms with Crippen LogP contribution < -0.4 is 20.9 Å². The van der Waals surface area contributed by atoms with E-state index in [0.717, 1.165) is 17.2 Å². The highest BCUT2D eigenvalue weighted by molar-refractivity contribution is 5.94. The molecule has 39 heavy (non-hydrogen) atoms. The van der Waals surface area contributed by atoms with Gasteiger partial charge in [0.25, 0.3) is 11.9 Å². The zero-order chi connectivity index (χ0) is 28.5. The Morgan fingerprint density at radius 3 is 2.44 bits per heavy atom. The highest BCUT2D eigenvalue weighted by Gasteiger charge is 2.25. The van der Waals surface area contributed by atoms with Crippen LogP contribution in [0.1, 0.15) is 42.3 Å². The maximum atomic E-state index is 15.0. The predicted molar refractivity (Wildman–Crippen MR) is 140 cm³/mol. The second kappa shape index (κ2) is 12.9. The third kappa shape index (κ3) is 7.25. The first kappa shape index (κ1) is 28.5. The number of carbonyl (C=O) groups is 1. The Kier molecular flexibility index (Phi) is 9.46. The molecular formula is C26H28FN7O5. The molecule has 1 atom stereocenters. The summed E-state index contributed by atoms with van der Waals surface area (Å²) in [6.45, 7) is 3.18. The number of amidine groups is 1. The van der Waals surface area contributed by atoms with E-state index in [1.54, 1.807) is 31.2 Å². The number of nitrogens with one attached hydrogen (secondary N) is 2. The van der Waals surface area contributed by atoms with Gasteiger partial charge in [-0.25, -0.2) is 19.2 Å². The fourth-order valence-electron chi connectivity index (χ4n) is 3.71. The van der Waals surface area contributed by atoms with Gasteiger partial charge in [-0.1, -0.05) is 24.3 Å². The van der Waals surface area contributed by atoms with E-state index in [9.17, 15) is 9.18 Å². The highest BCUT2D eigenvalue weighted by Crippen LogP contribution is 2.36. The first-order chi connectivity index (χ1) is 18.6. The van der Waals surface area contributed by atoms with Crippen molar-refractivity contribution in [3.05, 3.63) is 93.7 Å². The van der Waals surface area contributed by atoms with Crippen LogP contribution in [0.5, 0.6) is 11.5 Å². The normalized spacial score (nSPS) is 11.2. The molecule has 5 N–H and O–H groups in total. The second-order valence-electron chi connectivity index (χ2n) is 8.13. The number of H-pyrrole nitrogens is 1. The monoisotopic (exact) mass is 537 g/mol. The fraction of sp³-hybridized carbons (Fsp3) is 0.231. The van der Waals surface area contributed by atoms with E-state index in [2.05, 4.69) is 20.1 Å². The molecule has 4 aromatic rings. The molecule has 0 bridgehead atoms. The Morgan fingerprint density at radius 2 is 1.87 bits per heavy atom. The Balaban J connectivity index is 0.000000983. The number of nitrogen functional groups attached to an aromatic ring is 1. The number of carboxylic acids is 1. The van der Waals surface area contributed by atoms with Gasteiger partial charge in [0.15, 0.2) is 17.3 Å². The molecule has 0 amide bonds. The minimum absolute atomic E-state index is 0.00290. The maximum Gasteiger partial charge on any atom is 0.350 e. The Hall–Kier alpha value is -5.07. The predicted octanol–water partition coefficient (Wildman–Crippen LogP) is 2.65. The lowest BCUT2D eigenvalue weighted by molar-refractivity contribution is -0.134. The van der Waals surface area contributed by atoms with Crippen LogP contribution in [0.3, 0.4) is 0 Å². The standard InChI is InChI=1S/C24H24FN7O3.C2H4O2/c1-3-35-19-13-16(12-18(25)20(19)34-2)17(11-14-5-7-15(8-6-14)21(26)27)22-30-24(33)32(31-22)23-28-9-4-10-29-23;1-2(3)4/h4-10,12-13,17H,3,11H2,1-2H3,(H3,26,27)(H,30,31,33);1H3,(H,3,4). The highest BCUT2D eigenvalue weighted by atomic mass is 19.1. The van der Waals surface area contributed by atoms with Crippen molar-refractivity contribution in [1.82, 2.24) is 24.7 Å². The van der Waals surface area contributed by atoms with Crippen molar-refractivity contribution >= 4 is 11.8 Å². The summed E-state index contributed by atoms with van der Waals surface area (Å²) in [6.07, 6.45) is 3.37. The molecule has 4 rings (SSSR count). The lowest BCUT2D eigenvalue weighted by Crippen LogP contribution is -2.18. The summed E-state index contributed by atoms with van der Waals surface area (Å²) in [5, 5.41) is 19.4. The van der Waals surface area contributed by atoms with Crippen molar-refractivity contribution in [2.24, 2.45) is 5.73 Å². The van der Waals surface area contributed by atoms with E-state index in [4.69, 9.17) is 30.5 Å². The zero-order valence-electron chi connectivity index (χ0n) is 21.5. The molecule has 2 aromatic carbocycles. The van der Waals surface area contributed by atoms with Crippen LogP contribution in [0.25, 0.3) is 5.95 Å². The molecule has 2 aromatic heterocycles. The first-order valence-corrected chi connectivity index (χ1v) is 11.7. The van der Waals surface area contributed by atoms with E-state index in [-0.39, 0.29) is 23.3 Å². The summed E-state index contributed by atoms with van der Waals surface area (Å²) in [7, 11) is 1.37. The molecule has 2 heterocycles. The molecule has 0 aliphatic carbocycles. The van der Waals surface area contributed by atoms with Gasteiger partial charge in [0.05, 0.1) is 13.7 Å². The average molecular weight is 538 g/mol. The number of aromatic nitrogens is 5. The molecule has 0 radical (unpaired) electrons. The van der Waals surface area contributed by atoms with E-state index >= 15 is 0 Å². The number of benzene rings is 2. The topological polar surface area (TPSA) is 182 Å². The molecular weight excluding hydrogens is 509 g/mol. The molecule has 12 nitrogen and oxygen atoms in total. The number of aliphatic carboxylic acids is 1. The van der Waals surface area contributed by atoms with Gasteiger partial charge >= 0.3 is 5.69 Å². The minimum Gasteiger partial charge on any atom is -0.490 e. The first-order valence-electron chi connectivity index (χ1n) is 11.7. The molecule has 204 valence electrons. The number of halogens is 1. The number of nitrogens with two attached hydrogens (primary N) is 1. The molecule has 0 aliphatic heterocycles. The Morgan fingerprint density at radius 1 is 1.23 bits per heavy atom. The van der Waals surface area contributed by atoms with Gasteiger partial charge in [0.2, 0.25) is 0 Å². The SMILES string of the molecule is CC(=O)O.CCOc1cc(C(Cc2ccc(C(=N)N)cc2)c2nn(-c3ncccn3)c(=O)[nH]2)cc(F)c1OC. The smallest absolute Gasteiger partial charge is 0.350 e. The zero-order valence-corrected chi connectivity index (χ0v) is 21.5. The van der Waals surface area contributed by atoms with Gasteiger partial charge in [0.1, 0.15) is 11.7 Å². The average Bonchev–Trinajstić information content (AvgIpc) is 3.29. The van der Waals surface area contributed by atoms with Gasteiger partial charge in [0, 0.05) is 30.8 Å². The number of aromatic amines is 1. The number of ether oxygens (including phenoxy) is 2. The summed E-state index contributed by atoms with van der Waals surface area (Å²) in [5.41, 5.74) is 7.01. The van der Waals surface area contributed by atoms with E-state index < -0.39 is 23.4 Å². The van der Waals surface area contributed by atoms with Gasteiger partial charge in [-0.2, -0.15) is 0 Å². The Bertz CT molecular complexity index is 1480. The van der Waals surface area contributed by atoms with Crippen molar-refractivity contribution in [2.75, 3.05) is 13.7 Å². The fourth-order valence-corrected chi connectivity index (χ4v) is 3.71. The maximum absolute atomic E-state index is 15.0. The van der Waals surface area contributed by atoms with Crippen LogP contribution in [-0.4, -0.2) is 55.4 Å². The van der Waals surface area contributed by atoms with Gasteiger partial charge in [-0.15, -0.1) is 9.78 Å². The van der Waals surface area contributed by atoms with Gasteiger partial charge < -0.3 is 20.3 Å². The second-order valence-corrected chi connectivity index (χ2v) is 8.13. The summed E-state index contributed by atoms with van der Waals surface area (Å²) in [6, 6.07) is 11.8. The molecule has 0 spiro atoms. The van der Waals surface area contributed by atoms with Crippen LogP contribution >= 0.6 is 0 Å². The molecule has 0 fully saturated rings. The number of carboxylic acid groups (broad SMARTS) is 1. The molecule has 0 saturated heterocycles. The van der Waals surface area contributed by atoms with Crippen LogP contribution in [0.15, 0.2) is 59.7 Å². The van der Waals surface area contributed by atoms with Crippen molar-refractivity contribution < 1.29 is 23.8 Å². The summed E-state index contributed by atoms with van der Waals surface area (Å²) in [5.74, 6) is -1.39. The van der Waals surface area contributed by atoms with Crippen molar-refractivity contribution in [1.29, 1.82) is 5.41 Å². The quantitative estimate of drug-likeness (QED) is 0.184. The van der Waals surface area contributed by atoms with Crippen LogP contribution in [0.2, 0.25) is 0 Å². The molecule has 13 heteroatoms. The number of hydrogen-bond acceptors (Lipinski definition) is 8. The van der Waals surface area contributed by atoms with Gasteiger partial charge in [-0.05, 0) is 42.7 Å². The lowest BCUT2D eigenvalue weighted by Gasteiger charge is -2.18. The summed E-state index contributed by atoms with van der Waals surface area (Å²) >= 11 is 0. The van der Waals surface area contributed by atoms with Crippen LogP contribution in [-0.2, 0) is 11.2 Å². The number of methoxy groups -OCH3 is 1. The molecule has 1 unspecified atom stereocenters. The summed E-state index contributed by atoms with van der Waals surface area (Å²) in [4.78, 5) is 32.6.